The van der Waals surface area contributed by atoms with E-state index in [1.165, 1.54) is 11.8 Å². The summed E-state index contributed by atoms with van der Waals surface area (Å²) in [5, 5.41) is 3.67. The highest BCUT2D eigenvalue weighted by Gasteiger charge is 2.25. The average molecular weight is 207 g/mol. The van der Waals surface area contributed by atoms with Crippen LogP contribution in [0.5, 0.6) is 5.88 Å². The Kier molecular flexibility index (Phi) is 2.52. The van der Waals surface area contributed by atoms with Gasteiger partial charge in [0.15, 0.2) is 5.15 Å². The molecule has 0 spiro atoms. The van der Waals surface area contributed by atoms with Crippen molar-refractivity contribution in [1.82, 2.24) is 9.78 Å². The van der Waals surface area contributed by atoms with Gasteiger partial charge in [-0.15, -0.1) is 0 Å². The van der Waals surface area contributed by atoms with Crippen molar-refractivity contribution in [2.75, 3.05) is 7.11 Å². The topological polar surface area (TPSA) is 27.1 Å². The number of hydrogen-bond donors (Lipinski definition) is 0. The zero-order valence-corrected chi connectivity index (χ0v) is 8.81. The molecule has 13 heavy (non-hydrogen) atoms. The van der Waals surface area contributed by atoms with E-state index < -0.39 is 5.82 Å². The molecule has 0 aromatic carbocycles. The summed E-state index contributed by atoms with van der Waals surface area (Å²) in [6, 6.07) is 0. The third kappa shape index (κ3) is 1.77. The van der Waals surface area contributed by atoms with E-state index in [0.29, 0.717) is 0 Å². The van der Waals surface area contributed by atoms with E-state index in [1.54, 1.807) is 0 Å². The van der Waals surface area contributed by atoms with Crippen molar-refractivity contribution in [1.29, 1.82) is 0 Å². The van der Waals surface area contributed by atoms with Crippen molar-refractivity contribution >= 4 is 11.6 Å². The second-order valence-corrected chi connectivity index (χ2v) is 4.05. The quantitative estimate of drug-likeness (QED) is 0.706. The molecule has 0 unspecified atom stereocenters. The Morgan fingerprint density at radius 2 is 2.00 bits per heavy atom. The summed E-state index contributed by atoms with van der Waals surface area (Å²) in [5.41, 5.74) is -0.348. The van der Waals surface area contributed by atoms with Gasteiger partial charge in [0, 0.05) is 0 Å². The van der Waals surface area contributed by atoms with Crippen molar-refractivity contribution in [2.24, 2.45) is 0 Å². The molecule has 0 bridgehead atoms. The fraction of sp³-hybridized carbons (Fsp3) is 0.625. The zero-order chi connectivity index (χ0) is 10.2. The monoisotopic (exact) mass is 206 g/mol. The van der Waals surface area contributed by atoms with E-state index in [9.17, 15) is 4.39 Å². The molecule has 0 amide bonds. The number of methoxy groups -OCH3 is 1. The van der Waals surface area contributed by atoms with Crippen LogP contribution >= 0.6 is 11.6 Å². The Hall–Kier alpha value is -0.770. The van der Waals surface area contributed by atoms with Crippen molar-refractivity contribution < 1.29 is 9.13 Å². The van der Waals surface area contributed by atoms with Gasteiger partial charge in [-0.05, 0) is 20.8 Å². The van der Waals surface area contributed by atoms with Crippen LogP contribution in [0.3, 0.4) is 0 Å². The number of hydrogen-bond acceptors (Lipinski definition) is 2. The first kappa shape index (κ1) is 10.3. The predicted molar refractivity (Wildman–Crippen MR) is 48.7 cm³/mol. The Labute approximate surface area is 81.4 Å². The SMILES string of the molecule is COc1c(F)c(Cl)nn1C(C)(C)C. The van der Waals surface area contributed by atoms with Crippen LogP contribution in [0.25, 0.3) is 0 Å². The van der Waals surface area contributed by atoms with E-state index in [2.05, 4.69) is 5.10 Å². The smallest absolute Gasteiger partial charge is 0.250 e. The molecule has 0 N–H and O–H groups in total. The number of rotatable bonds is 1. The molecule has 0 saturated heterocycles. The summed E-state index contributed by atoms with van der Waals surface area (Å²) >= 11 is 5.53. The van der Waals surface area contributed by atoms with Gasteiger partial charge in [-0.3, -0.25) is 0 Å². The minimum Gasteiger partial charge on any atom is -0.479 e. The first-order valence-electron chi connectivity index (χ1n) is 3.86. The van der Waals surface area contributed by atoms with Gasteiger partial charge < -0.3 is 4.74 Å². The molecule has 1 heterocycles. The van der Waals surface area contributed by atoms with Gasteiger partial charge in [-0.25, -0.2) is 4.68 Å². The van der Waals surface area contributed by atoms with E-state index in [-0.39, 0.29) is 16.6 Å². The molecule has 0 radical (unpaired) electrons. The average Bonchev–Trinajstić information content (AvgIpc) is 2.28. The van der Waals surface area contributed by atoms with Gasteiger partial charge >= 0.3 is 0 Å². The molecule has 74 valence electrons. The van der Waals surface area contributed by atoms with Gasteiger partial charge in [0.05, 0.1) is 12.6 Å². The fourth-order valence-corrected chi connectivity index (χ4v) is 1.15. The lowest BCUT2D eigenvalue weighted by Gasteiger charge is -2.20. The van der Waals surface area contributed by atoms with E-state index >= 15 is 0 Å². The summed E-state index contributed by atoms with van der Waals surface area (Å²) < 4.78 is 19.5. The molecule has 0 fully saturated rings. The van der Waals surface area contributed by atoms with Crippen LogP contribution in [0.15, 0.2) is 0 Å². The largest absolute Gasteiger partial charge is 0.479 e. The maximum atomic E-state index is 13.2. The summed E-state index contributed by atoms with van der Waals surface area (Å²) in [5.74, 6) is -0.545. The maximum Gasteiger partial charge on any atom is 0.250 e. The normalized spacial score (nSPS) is 11.8. The molecule has 1 aromatic heterocycles. The number of halogens is 2. The van der Waals surface area contributed by atoms with Crippen molar-refractivity contribution in [3.8, 4) is 5.88 Å². The fourth-order valence-electron chi connectivity index (χ4n) is 0.989. The third-order valence-corrected chi connectivity index (χ3v) is 1.82. The van der Waals surface area contributed by atoms with Crippen LogP contribution in [0.4, 0.5) is 4.39 Å². The van der Waals surface area contributed by atoms with Crippen LogP contribution in [0.2, 0.25) is 5.15 Å². The Balaban J connectivity index is 3.30. The summed E-state index contributed by atoms with van der Waals surface area (Å²) in [4.78, 5) is 0. The number of ether oxygens (including phenoxy) is 1. The molecular formula is C8H12ClFN2O. The Morgan fingerprint density at radius 3 is 2.31 bits per heavy atom. The molecule has 5 heteroatoms. The predicted octanol–water partition coefficient (Wildman–Crippen LogP) is 2.44. The van der Waals surface area contributed by atoms with Crippen molar-refractivity contribution in [3.05, 3.63) is 11.0 Å². The third-order valence-electron chi connectivity index (χ3n) is 1.58. The summed E-state index contributed by atoms with van der Waals surface area (Å²) in [7, 11) is 1.39. The van der Waals surface area contributed by atoms with Gasteiger partial charge in [-0.1, -0.05) is 11.6 Å². The number of nitrogens with zero attached hydrogens (tertiary/aromatic N) is 2. The Morgan fingerprint density at radius 1 is 1.46 bits per heavy atom. The Bertz CT molecular complexity index is 317. The second-order valence-electron chi connectivity index (χ2n) is 3.70. The van der Waals surface area contributed by atoms with Gasteiger partial charge in [-0.2, -0.15) is 9.49 Å². The molecule has 0 atom stereocenters. The van der Waals surface area contributed by atoms with Crippen LogP contribution in [0.1, 0.15) is 20.8 Å². The highest BCUT2D eigenvalue weighted by atomic mass is 35.5. The standard InChI is InChI=1S/C8H12ClFN2O/c1-8(2,3)12-7(13-4)5(10)6(9)11-12/h1-4H3. The molecule has 1 aromatic rings. The van der Waals surface area contributed by atoms with Gasteiger partial charge in [0.25, 0.3) is 5.88 Å². The first-order chi connectivity index (χ1) is 5.88. The molecule has 0 saturated carbocycles. The lowest BCUT2D eigenvalue weighted by Crippen LogP contribution is -2.23. The lowest BCUT2D eigenvalue weighted by atomic mass is 10.1. The summed E-state index contributed by atoms with van der Waals surface area (Å²) in [6.45, 7) is 5.66. The maximum absolute atomic E-state index is 13.2. The molecule has 1 rings (SSSR count). The van der Waals surface area contributed by atoms with Crippen LogP contribution in [-0.2, 0) is 5.54 Å². The van der Waals surface area contributed by atoms with Crippen LogP contribution in [-0.4, -0.2) is 16.9 Å². The van der Waals surface area contributed by atoms with Crippen molar-refractivity contribution in [2.45, 2.75) is 26.3 Å². The van der Waals surface area contributed by atoms with Gasteiger partial charge in [0.1, 0.15) is 0 Å². The molecule has 0 aliphatic carbocycles. The van der Waals surface area contributed by atoms with Gasteiger partial charge in [0.2, 0.25) is 5.82 Å². The van der Waals surface area contributed by atoms with Crippen molar-refractivity contribution in [3.63, 3.8) is 0 Å². The van der Waals surface area contributed by atoms with E-state index in [1.807, 2.05) is 20.8 Å². The highest BCUT2D eigenvalue weighted by molar-refractivity contribution is 6.29. The highest BCUT2D eigenvalue weighted by Crippen LogP contribution is 2.29. The second kappa shape index (κ2) is 3.18. The summed E-state index contributed by atoms with van der Waals surface area (Å²) in [6.07, 6.45) is 0. The zero-order valence-electron chi connectivity index (χ0n) is 8.06. The van der Waals surface area contributed by atoms with Crippen LogP contribution in [0, 0.1) is 5.82 Å². The minimum atomic E-state index is -0.612. The molecule has 3 nitrogen and oxygen atoms in total. The number of aromatic nitrogens is 2. The lowest BCUT2D eigenvalue weighted by molar-refractivity contribution is 0.273. The van der Waals surface area contributed by atoms with Crippen LogP contribution < -0.4 is 4.74 Å². The first-order valence-corrected chi connectivity index (χ1v) is 4.24. The molecule has 0 aliphatic heterocycles. The van der Waals surface area contributed by atoms with E-state index in [0.717, 1.165) is 0 Å². The molecular weight excluding hydrogens is 195 g/mol. The molecule has 0 aliphatic rings. The minimum absolute atomic E-state index is 0.0671. The van der Waals surface area contributed by atoms with E-state index in [4.69, 9.17) is 16.3 Å².